The van der Waals surface area contributed by atoms with Crippen molar-refractivity contribution >= 4 is 35.1 Å². The van der Waals surface area contributed by atoms with Crippen LogP contribution in [-0.2, 0) is 14.3 Å². The van der Waals surface area contributed by atoms with Gasteiger partial charge in [-0.3, -0.25) is 9.59 Å². The molecule has 120 valence electrons. The number of hydrogen-bond donors (Lipinski definition) is 3. The molecule has 22 heavy (non-hydrogen) atoms. The number of likely N-dealkylation sites (N-methyl/N-ethyl adjacent to an activating group) is 1. The number of nitrogen functional groups attached to an aromatic ring is 1. The molecular formula is C14H18ClN3O4. The number of carbonyl (C=O) groups excluding carboxylic acids is 3. The summed E-state index contributed by atoms with van der Waals surface area (Å²) in [6, 6.07) is 3.60. The summed E-state index contributed by atoms with van der Waals surface area (Å²) in [5.41, 5.74) is 5.92. The van der Waals surface area contributed by atoms with Crippen LogP contribution in [0.5, 0.6) is 0 Å². The van der Waals surface area contributed by atoms with Crippen molar-refractivity contribution in [1.82, 2.24) is 10.6 Å². The lowest BCUT2D eigenvalue weighted by molar-refractivity contribution is -0.130. The van der Waals surface area contributed by atoms with Gasteiger partial charge in [-0.1, -0.05) is 11.6 Å². The number of nitrogens with two attached hydrogens (primary N) is 1. The van der Waals surface area contributed by atoms with Gasteiger partial charge < -0.3 is 21.1 Å². The van der Waals surface area contributed by atoms with Gasteiger partial charge in [-0.25, -0.2) is 4.79 Å². The van der Waals surface area contributed by atoms with Gasteiger partial charge >= 0.3 is 5.97 Å². The number of hydrogen-bond acceptors (Lipinski definition) is 5. The molecule has 1 atom stereocenters. The molecule has 0 aromatic heterocycles. The molecule has 1 aromatic carbocycles. The van der Waals surface area contributed by atoms with Crippen molar-refractivity contribution in [3.05, 3.63) is 28.8 Å². The molecule has 7 nitrogen and oxygen atoms in total. The topological polar surface area (TPSA) is 111 Å². The first-order chi connectivity index (χ1) is 10.3. The summed E-state index contributed by atoms with van der Waals surface area (Å²) in [6.45, 7) is 3.25. The van der Waals surface area contributed by atoms with Gasteiger partial charge in [0.25, 0.3) is 5.91 Å². The molecular weight excluding hydrogens is 310 g/mol. The molecule has 0 bridgehead atoms. The highest BCUT2D eigenvalue weighted by atomic mass is 35.5. The normalized spacial score (nSPS) is 11.4. The van der Waals surface area contributed by atoms with Crippen molar-refractivity contribution in [2.75, 3.05) is 18.9 Å². The van der Waals surface area contributed by atoms with E-state index in [-0.39, 0.29) is 17.2 Å². The second-order valence-electron chi connectivity index (χ2n) is 4.49. The lowest BCUT2D eigenvalue weighted by Gasteiger charge is -2.13. The molecule has 0 radical (unpaired) electrons. The fourth-order valence-corrected chi connectivity index (χ4v) is 1.78. The summed E-state index contributed by atoms with van der Waals surface area (Å²) >= 11 is 5.73. The lowest BCUT2D eigenvalue weighted by Crippen LogP contribution is -2.46. The molecule has 0 aliphatic heterocycles. The minimum Gasteiger partial charge on any atom is -0.452 e. The Labute approximate surface area is 133 Å². The van der Waals surface area contributed by atoms with Gasteiger partial charge in [-0.15, -0.1) is 0 Å². The van der Waals surface area contributed by atoms with E-state index in [2.05, 4.69) is 10.6 Å². The Morgan fingerprint density at radius 2 is 2.05 bits per heavy atom. The maximum absolute atomic E-state index is 11.8. The molecule has 0 aliphatic carbocycles. The molecule has 0 spiro atoms. The first-order valence-corrected chi connectivity index (χ1v) is 7.02. The Balaban J connectivity index is 2.50. The molecule has 0 unspecified atom stereocenters. The molecule has 2 amide bonds. The zero-order valence-electron chi connectivity index (χ0n) is 12.3. The highest BCUT2D eigenvalue weighted by Gasteiger charge is 2.17. The fraction of sp³-hybridized carbons (Fsp3) is 0.357. The Morgan fingerprint density at radius 1 is 1.36 bits per heavy atom. The van der Waals surface area contributed by atoms with Crippen molar-refractivity contribution in [1.29, 1.82) is 0 Å². The predicted molar refractivity (Wildman–Crippen MR) is 82.4 cm³/mol. The highest BCUT2D eigenvalue weighted by Crippen LogP contribution is 2.18. The quantitative estimate of drug-likeness (QED) is 0.526. The second-order valence-corrected chi connectivity index (χ2v) is 4.93. The molecule has 0 aliphatic rings. The molecule has 4 N–H and O–H groups in total. The second kappa shape index (κ2) is 8.23. The van der Waals surface area contributed by atoms with E-state index in [1.54, 1.807) is 6.92 Å². The summed E-state index contributed by atoms with van der Waals surface area (Å²) in [7, 11) is 0. The Kier molecular flexibility index (Phi) is 6.65. The summed E-state index contributed by atoms with van der Waals surface area (Å²) in [5.74, 6) is -1.64. The largest absolute Gasteiger partial charge is 0.452 e. The van der Waals surface area contributed by atoms with Gasteiger partial charge in [-0.2, -0.15) is 0 Å². The number of anilines is 1. The number of ether oxygens (including phenoxy) is 1. The molecule has 8 heteroatoms. The molecule has 0 fully saturated rings. The van der Waals surface area contributed by atoms with E-state index in [0.29, 0.717) is 11.6 Å². The van der Waals surface area contributed by atoms with E-state index in [9.17, 15) is 14.4 Å². The van der Waals surface area contributed by atoms with Crippen LogP contribution in [0.3, 0.4) is 0 Å². The van der Waals surface area contributed by atoms with Crippen LogP contribution in [0.1, 0.15) is 24.2 Å². The molecule has 0 saturated carbocycles. The lowest BCUT2D eigenvalue weighted by atomic mass is 10.2. The number of benzene rings is 1. The molecule has 0 heterocycles. The van der Waals surface area contributed by atoms with Crippen LogP contribution in [-0.4, -0.2) is 37.0 Å². The monoisotopic (exact) mass is 327 g/mol. The number of amides is 2. The van der Waals surface area contributed by atoms with Crippen molar-refractivity contribution < 1.29 is 19.1 Å². The van der Waals surface area contributed by atoms with Crippen LogP contribution in [0, 0.1) is 0 Å². The number of rotatable bonds is 6. The van der Waals surface area contributed by atoms with Gasteiger partial charge in [-0.05, 0) is 32.0 Å². The Bertz CT molecular complexity index is 577. The van der Waals surface area contributed by atoms with E-state index < -0.39 is 24.5 Å². The summed E-state index contributed by atoms with van der Waals surface area (Å²) in [6.07, 6.45) is 0. The van der Waals surface area contributed by atoms with Crippen LogP contribution < -0.4 is 16.4 Å². The zero-order chi connectivity index (χ0) is 16.7. The molecule has 1 rings (SSSR count). The molecule has 0 saturated heterocycles. The highest BCUT2D eigenvalue weighted by molar-refractivity contribution is 6.31. The Morgan fingerprint density at radius 3 is 2.64 bits per heavy atom. The average Bonchev–Trinajstić information content (AvgIpc) is 2.45. The van der Waals surface area contributed by atoms with E-state index in [4.69, 9.17) is 22.1 Å². The zero-order valence-corrected chi connectivity index (χ0v) is 13.1. The van der Waals surface area contributed by atoms with Crippen LogP contribution in [0.15, 0.2) is 18.2 Å². The third-order valence-corrected chi connectivity index (χ3v) is 2.92. The maximum Gasteiger partial charge on any atom is 0.340 e. The summed E-state index contributed by atoms with van der Waals surface area (Å²) in [4.78, 5) is 34.9. The number of halogens is 1. The van der Waals surface area contributed by atoms with Gasteiger partial charge in [0.15, 0.2) is 6.61 Å². The summed E-state index contributed by atoms with van der Waals surface area (Å²) in [5, 5.41) is 5.37. The maximum atomic E-state index is 11.8. The van der Waals surface area contributed by atoms with Crippen LogP contribution in [0.2, 0.25) is 5.02 Å². The van der Waals surface area contributed by atoms with Crippen molar-refractivity contribution in [2.24, 2.45) is 0 Å². The van der Waals surface area contributed by atoms with Crippen LogP contribution >= 0.6 is 11.6 Å². The smallest absolute Gasteiger partial charge is 0.340 e. The van der Waals surface area contributed by atoms with E-state index in [1.807, 2.05) is 0 Å². The van der Waals surface area contributed by atoms with Crippen molar-refractivity contribution in [2.45, 2.75) is 19.9 Å². The minimum atomic E-state index is -0.741. The summed E-state index contributed by atoms with van der Waals surface area (Å²) < 4.78 is 4.85. The van der Waals surface area contributed by atoms with E-state index in [1.165, 1.54) is 25.1 Å². The van der Waals surface area contributed by atoms with Gasteiger partial charge in [0.05, 0.1) is 5.56 Å². The molecule has 1 aromatic rings. The van der Waals surface area contributed by atoms with Crippen LogP contribution in [0.4, 0.5) is 5.69 Å². The SMILES string of the molecule is CCNC(=O)[C@@H](C)NC(=O)COC(=O)c1ccc(Cl)cc1N. The predicted octanol–water partition coefficient (Wildman–Crippen LogP) is 0.720. The number of carbonyl (C=O) groups is 3. The number of nitrogens with one attached hydrogen (secondary N) is 2. The first kappa shape index (κ1) is 17.8. The third-order valence-electron chi connectivity index (χ3n) is 2.69. The van der Waals surface area contributed by atoms with Crippen molar-refractivity contribution in [3.8, 4) is 0 Å². The van der Waals surface area contributed by atoms with E-state index >= 15 is 0 Å². The number of esters is 1. The van der Waals surface area contributed by atoms with E-state index in [0.717, 1.165) is 0 Å². The van der Waals surface area contributed by atoms with Crippen molar-refractivity contribution in [3.63, 3.8) is 0 Å². The minimum absolute atomic E-state index is 0.119. The standard InChI is InChI=1S/C14H18ClN3O4/c1-3-17-13(20)8(2)18-12(19)7-22-14(21)10-5-4-9(15)6-11(10)16/h4-6,8H,3,7,16H2,1-2H3,(H,17,20)(H,18,19)/t8-/m1/s1. The van der Waals surface area contributed by atoms with Gasteiger partial charge in [0.2, 0.25) is 5.91 Å². The van der Waals surface area contributed by atoms with Gasteiger partial charge in [0, 0.05) is 17.3 Å². The van der Waals surface area contributed by atoms with Gasteiger partial charge in [0.1, 0.15) is 6.04 Å². The average molecular weight is 328 g/mol. The first-order valence-electron chi connectivity index (χ1n) is 6.64. The van der Waals surface area contributed by atoms with Crippen LogP contribution in [0.25, 0.3) is 0 Å². The fourth-order valence-electron chi connectivity index (χ4n) is 1.60. The Hall–Kier alpha value is -2.28. The third kappa shape index (κ3) is 5.25.